The van der Waals surface area contributed by atoms with Gasteiger partial charge >= 0.3 is 5.97 Å². The van der Waals surface area contributed by atoms with E-state index < -0.39 is 12.0 Å². The number of carboxylic acids is 1. The third kappa shape index (κ3) is 3.82. The number of aryl methyl sites for hydroxylation is 1. The largest absolute Gasteiger partial charge is 0.497 e. The standard InChI is InChI=1S/C20H21NO4/c1-25-17-9-6-14(7-10-17)8-11-19(22)21-13-16-5-3-2-4-15(16)12-18(21)20(23)24/h2-7,9-10,18H,8,11-13H2,1H3,(H,23,24). The summed E-state index contributed by atoms with van der Waals surface area (Å²) in [7, 11) is 1.61. The molecular weight excluding hydrogens is 318 g/mol. The predicted octanol–water partition coefficient (Wildman–Crippen LogP) is 2.67. The van der Waals surface area contributed by atoms with Gasteiger partial charge in [0.2, 0.25) is 5.91 Å². The van der Waals surface area contributed by atoms with Crippen molar-refractivity contribution in [2.24, 2.45) is 0 Å². The summed E-state index contributed by atoms with van der Waals surface area (Å²) in [5, 5.41) is 9.52. The molecular formula is C20H21NO4. The van der Waals surface area contributed by atoms with Gasteiger partial charge in [0, 0.05) is 19.4 Å². The maximum Gasteiger partial charge on any atom is 0.326 e. The molecule has 0 saturated carbocycles. The van der Waals surface area contributed by atoms with E-state index in [1.54, 1.807) is 7.11 Å². The fourth-order valence-electron chi connectivity index (χ4n) is 3.19. The summed E-state index contributed by atoms with van der Waals surface area (Å²) in [6.45, 7) is 0.356. The minimum Gasteiger partial charge on any atom is -0.497 e. The van der Waals surface area contributed by atoms with Crippen molar-refractivity contribution in [3.63, 3.8) is 0 Å². The molecule has 2 aromatic carbocycles. The predicted molar refractivity (Wildman–Crippen MR) is 93.4 cm³/mol. The Labute approximate surface area is 146 Å². The van der Waals surface area contributed by atoms with Gasteiger partial charge < -0.3 is 14.7 Å². The number of carboxylic acid groups (broad SMARTS) is 1. The summed E-state index contributed by atoms with van der Waals surface area (Å²) in [6, 6.07) is 14.5. The lowest BCUT2D eigenvalue weighted by atomic mass is 9.93. The molecule has 130 valence electrons. The zero-order chi connectivity index (χ0) is 17.8. The summed E-state index contributed by atoms with van der Waals surface area (Å²) in [4.78, 5) is 25.8. The van der Waals surface area contributed by atoms with Crippen molar-refractivity contribution >= 4 is 11.9 Å². The Hall–Kier alpha value is -2.82. The molecule has 5 heteroatoms. The van der Waals surface area contributed by atoms with E-state index in [4.69, 9.17) is 4.74 Å². The number of carbonyl (C=O) groups excluding carboxylic acids is 1. The van der Waals surface area contributed by atoms with E-state index in [1.165, 1.54) is 4.90 Å². The Bertz CT molecular complexity index is 770. The smallest absolute Gasteiger partial charge is 0.326 e. The van der Waals surface area contributed by atoms with Crippen molar-refractivity contribution in [1.82, 2.24) is 4.90 Å². The number of amides is 1. The average Bonchev–Trinajstić information content (AvgIpc) is 2.65. The van der Waals surface area contributed by atoms with E-state index in [-0.39, 0.29) is 12.3 Å². The van der Waals surface area contributed by atoms with E-state index in [0.29, 0.717) is 19.4 Å². The van der Waals surface area contributed by atoms with Crippen LogP contribution in [0.2, 0.25) is 0 Å². The first kappa shape index (κ1) is 17.0. The van der Waals surface area contributed by atoms with Crippen LogP contribution in [0.3, 0.4) is 0 Å². The Kier molecular flexibility index (Phi) is 5.03. The molecule has 1 aliphatic rings. The number of carbonyl (C=O) groups is 2. The number of fused-ring (bicyclic) bond motifs is 1. The topological polar surface area (TPSA) is 66.8 Å². The van der Waals surface area contributed by atoms with E-state index >= 15 is 0 Å². The highest BCUT2D eigenvalue weighted by molar-refractivity contribution is 5.84. The molecule has 2 aromatic rings. The lowest BCUT2D eigenvalue weighted by molar-refractivity contribution is -0.151. The molecule has 1 heterocycles. The Morgan fingerprint density at radius 1 is 1.12 bits per heavy atom. The number of hydrogen-bond acceptors (Lipinski definition) is 3. The molecule has 0 bridgehead atoms. The zero-order valence-corrected chi connectivity index (χ0v) is 14.1. The second kappa shape index (κ2) is 7.38. The van der Waals surface area contributed by atoms with Gasteiger partial charge in [-0.15, -0.1) is 0 Å². The summed E-state index contributed by atoms with van der Waals surface area (Å²) in [6.07, 6.45) is 1.23. The van der Waals surface area contributed by atoms with Crippen LogP contribution >= 0.6 is 0 Å². The van der Waals surface area contributed by atoms with Crippen molar-refractivity contribution in [2.75, 3.05) is 7.11 Å². The van der Waals surface area contributed by atoms with Crippen LogP contribution in [-0.4, -0.2) is 35.0 Å². The van der Waals surface area contributed by atoms with Crippen LogP contribution in [0.5, 0.6) is 5.75 Å². The van der Waals surface area contributed by atoms with Crippen molar-refractivity contribution in [1.29, 1.82) is 0 Å². The normalized spacial score (nSPS) is 16.2. The Balaban J connectivity index is 1.70. The molecule has 1 atom stereocenters. The number of benzene rings is 2. The summed E-state index contributed by atoms with van der Waals surface area (Å²) in [5.41, 5.74) is 3.06. The second-order valence-electron chi connectivity index (χ2n) is 6.20. The molecule has 0 spiro atoms. The highest BCUT2D eigenvalue weighted by Gasteiger charge is 2.33. The quantitative estimate of drug-likeness (QED) is 0.909. The van der Waals surface area contributed by atoms with Crippen LogP contribution in [-0.2, 0) is 29.0 Å². The number of methoxy groups -OCH3 is 1. The maximum absolute atomic E-state index is 12.7. The number of nitrogens with zero attached hydrogens (tertiary/aromatic N) is 1. The molecule has 0 aromatic heterocycles. The van der Waals surface area contributed by atoms with E-state index in [2.05, 4.69) is 0 Å². The molecule has 1 aliphatic heterocycles. The van der Waals surface area contributed by atoms with Crippen LogP contribution in [0.1, 0.15) is 23.1 Å². The van der Waals surface area contributed by atoms with Gasteiger partial charge in [-0.05, 0) is 35.2 Å². The molecule has 3 rings (SSSR count). The number of rotatable bonds is 5. The third-order valence-electron chi connectivity index (χ3n) is 4.64. The van der Waals surface area contributed by atoms with Gasteiger partial charge in [-0.1, -0.05) is 36.4 Å². The van der Waals surface area contributed by atoms with Crippen LogP contribution in [0, 0.1) is 0 Å². The van der Waals surface area contributed by atoms with Gasteiger partial charge in [0.15, 0.2) is 0 Å². The highest BCUT2D eigenvalue weighted by atomic mass is 16.5. The van der Waals surface area contributed by atoms with Gasteiger partial charge in [-0.2, -0.15) is 0 Å². The summed E-state index contributed by atoms with van der Waals surface area (Å²) in [5.74, 6) is -0.307. The summed E-state index contributed by atoms with van der Waals surface area (Å²) >= 11 is 0. The SMILES string of the molecule is COc1ccc(CCC(=O)N2Cc3ccccc3CC2C(=O)O)cc1. The lowest BCUT2D eigenvalue weighted by Crippen LogP contribution is -2.48. The Morgan fingerprint density at radius 2 is 1.80 bits per heavy atom. The molecule has 1 amide bonds. The number of hydrogen-bond donors (Lipinski definition) is 1. The van der Waals surface area contributed by atoms with Gasteiger partial charge in [-0.3, -0.25) is 4.79 Å². The van der Waals surface area contributed by atoms with Crippen LogP contribution in [0.25, 0.3) is 0 Å². The maximum atomic E-state index is 12.7. The molecule has 0 aliphatic carbocycles. The van der Waals surface area contributed by atoms with Crippen molar-refractivity contribution in [3.8, 4) is 5.75 Å². The molecule has 1 unspecified atom stereocenters. The molecule has 25 heavy (non-hydrogen) atoms. The molecule has 0 fully saturated rings. The lowest BCUT2D eigenvalue weighted by Gasteiger charge is -2.34. The Morgan fingerprint density at radius 3 is 2.44 bits per heavy atom. The first-order chi connectivity index (χ1) is 12.1. The van der Waals surface area contributed by atoms with Crippen LogP contribution in [0.4, 0.5) is 0 Å². The molecule has 5 nitrogen and oxygen atoms in total. The number of ether oxygens (including phenoxy) is 1. The van der Waals surface area contributed by atoms with Crippen LogP contribution < -0.4 is 4.74 Å². The molecule has 0 radical (unpaired) electrons. The second-order valence-corrected chi connectivity index (χ2v) is 6.20. The van der Waals surface area contributed by atoms with Gasteiger partial charge in [0.05, 0.1) is 7.11 Å². The molecule has 1 N–H and O–H groups in total. The van der Waals surface area contributed by atoms with E-state index in [0.717, 1.165) is 22.4 Å². The zero-order valence-electron chi connectivity index (χ0n) is 14.1. The van der Waals surface area contributed by atoms with Crippen molar-refractivity contribution in [3.05, 3.63) is 65.2 Å². The van der Waals surface area contributed by atoms with Gasteiger partial charge in [-0.25, -0.2) is 4.79 Å². The fourth-order valence-corrected chi connectivity index (χ4v) is 3.19. The monoisotopic (exact) mass is 339 g/mol. The highest BCUT2D eigenvalue weighted by Crippen LogP contribution is 2.24. The van der Waals surface area contributed by atoms with Gasteiger partial charge in [0.1, 0.15) is 11.8 Å². The minimum atomic E-state index is -0.952. The fraction of sp³-hybridized carbons (Fsp3) is 0.300. The first-order valence-corrected chi connectivity index (χ1v) is 8.30. The number of aliphatic carboxylic acids is 1. The third-order valence-corrected chi connectivity index (χ3v) is 4.64. The average molecular weight is 339 g/mol. The summed E-state index contributed by atoms with van der Waals surface area (Å²) < 4.78 is 5.12. The molecule has 0 saturated heterocycles. The van der Waals surface area contributed by atoms with Crippen LogP contribution in [0.15, 0.2) is 48.5 Å². The van der Waals surface area contributed by atoms with E-state index in [1.807, 2.05) is 48.5 Å². The van der Waals surface area contributed by atoms with Gasteiger partial charge in [0.25, 0.3) is 0 Å². The van der Waals surface area contributed by atoms with Crippen molar-refractivity contribution < 1.29 is 19.4 Å². The van der Waals surface area contributed by atoms with E-state index in [9.17, 15) is 14.7 Å². The first-order valence-electron chi connectivity index (χ1n) is 8.30. The van der Waals surface area contributed by atoms with Crippen molar-refractivity contribution in [2.45, 2.75) is 31.8 Å². The minimum absolute atomic E-state index is 0.127.